The first-order valence-corrected chi connectivity index (χ1v) is 10.1. The summed E-state index contributed by atoms with van der Waals surface area (Å²) in [7, 11) is 3.27. The molecule has 0 fully saturated rings. The Kier molecular flexibility index (Phi) is 3.37. The van der Waals surface area contributed by atoms with Gasteiger partial charge in [0, 0.05) is 22.5 Å². The zero-order valence-electron chi connectivity index (χ0n) is 17.2. The first-order chi connectivity index (χ1) is 15.7. The predicted octanol–water partition coefficient (Wildman–Crippen LogP) is 2.99. The Morgan fingerprint density at radius 1 is 0.562 bits per heavy atom. The summed E-state index contributed by atoms with van der Waals surface area (Å²) in [6, 6.07) is 9.80. The Morgan fingerprint density at radius 2 is 0.969 bits per heavy atom. The van der Waals surface area contributed by atoms with Crippen LogP contribution in [0, 0.1) is 0 Å². The summed E-state index contributed by atoms with van der Waals surface area (Å²) in [5.41, 5.74) is 4.75. The van der Waals surface area contributed by atoms with Crippen molar-refractivity contribution < 1.29 is 23.7 Å². The molecule has 0 unspecified atom stereocenters. The van der Waals surface area contributed by atoms with Crippen molar-refractivity contribution in [3.8, 4) is 57.1 Å². The number of benzene rings is 2. The van der Waals surface area contributed by atoms with E-state index in [2.05, 4.69) is 9.97 Å². The van der Waals surface area contributed by atoms with E-state index in [0.717, 1.165) is 39.0 Å². The van der Waals surface area contributed by atoms with Gasteiger partial charge < -0.3 is 23.7 Å². The quantitative estimate of drug-likeness (QED) is 0.406. The summed E-state index contributed by atoms with van der Waals surface area (Å²) >= 11 is 0. The second kappa shape index (κ2) is 6.17. The summed E-state index contributed by atoms with van der Waals surface area (Å²) in [4.78, 5) is 8.62. The van der Waals surface area contributed by atoms with Gasteiger partial charge in [-0.2, -0.15) is 0 Å². The third-order valence-corrected chi connectivity index (χ3v) is 6.14. The van der Waals surface area contributed by atoms with E-state index in [1.165, 1.54) is 0 Å². The average Bonchev–Trinajstić information content (AvgIpc) is 2.83. The fraction of sp³-hybridized carbons (Fsp3) is 0.0833. The van der Waals surface area contributed by atoms with Crippen molar-refractivity contribution in [1.29, 1.82) is 0 Å². The molecule has 0 bridgehead atoms. The second-order valence-electron chi connectivity index (χ2n) is 7.83. The topological polar surface area (TPSA) is 71.9 Å². The molecule has 4 aromatic rings. The number of hydrogen-bond donors (Lipinski definition) is 0. The maximum Gasteiger partial charge on any atom is 0.270 e. The molecule has 0 radical (unpaired) electrons. The minimum absolute atomic E-state index is 0.0638. The fourth-order valence-electron chi connectivity index (χ4n) is 4.74. The van der Waals surface area contributed by atoms with Gasteiger partial charge in [-0.3, -0.25) is 9.97 Å². The largest absolute Gasteiger partial charge is 0.497 e. The number of rotatable bonds is 3. The number of ether oxygens (including phenoxy) is 5. The van der Waals surface area contributed by atoms with Crippen LogP contribution in [-0.4, -0.2) is 30.9 Å². The van der Waals surface area contributed by atoms with E-state index < -0.39 is 0 Å². The molecule has 0 amide bonds. The Morgan fingerprint density at radius 3 is 1.44 bits per heavy atom. The van der Waals surface area contributed by atoms with Gasteiger partial charge >= 0.3 is 0 Å². The van der Waals surface area contributed by atoms with Crippen LogP contribution in [0.4, 0.5) is 0 Å². The second-order valence-corrected chi connectivity index (χ2v) is 7.83. The average molecular weight is 422 g/mol. The van der Waals surface area contributed by atoms with Crippen molar-refractivity contribution in [3.05, 3.63) is 55.1 Å². The molecule has 0 saturated carbocycles. The molecule has 7 nitrogen and oxygen atoms in total. The summed E-state index contributed by atoms with van der Waals surface area (Å²) in [6.07, 6.45) is 6.89. The lowest BCUT2D eigenvalue weighted by atomic mass is 9.34. The van der Waals surface area contributed by atoms with Crippen LogP contribution in [0.2, 0.25) is 0 Å². The molecule has 0 atom stereocenters. The molecular formula is C24H15BN2O5. The molecular weight excluding hydrogens is 407 g/mol. The summed E-state index contributed by atoms with van der Waals surface area (Å²) in [5.74, 6) is 5.59. The predicted molar refractivity (Wildman–Crippen MR) is 118 cm³/mol. The fourth-order valence-corrected chi connectivity index (χ4v) is 4.74. The lowest BCUT2D eigenvalue weighted by molar-refractivity contribution is 0.394. The standard InChI is InChI=1S/C24H15BN2O5/c1-28-14-3-12(4-15(7-14)29-2)13-5-16-22-17(6-13)31-19-9-27-11-21-24(19)25(22)23-18(30-16)8-26-10-20(23)32-21/h3-11H,1-2H3. The molecule has 3 aliphatic rings. The molecule has 5 heterocycles. The van der Waals surface area contributed by atoms with Crippen molar-refractivity contribution in [2.45, 2.75) is 0 Å². The highest BCUT2D eigenvalue weighted by Gasteiger charge is 2.46. The molecule has 2 aromatic carbocycles. The highest BCUT2D eigenvalue weighted by Crippen LogP contribution is 2.43. The Balaban J connectivity index is 1.49. The lowest BCUT2D eigenvalue weighted by Gasteiger charge is -2.36. The summed E-state index contributed by atoms with van der Waals surface area (Å²) in [5, 5.41) is 0. The van der Waals surface area contributed by atoms with Gasteiger partial charge in [0.1, 0.15) is 46.0 Å². The molecule has 7 rings (SSSR count). The van der Waals surface area contributed by atoms with E-state index >= 15 is 0 Å². The van der Waals surface area contributed by atoms with Crippen molar-refractivity contribution in [3.63, 3.8) is 0 Å². The SMILES string of the molecule is COc1cc(OC)cc(-c2cc3c4c(c2)Oc2cncc5c2B4c2c(cncc2O3)O5)c1. The van der Waals surface area contributed by atoms with E-state index in [4.69, 9.17) is 23.7 Å². The monoisotopic (exact) mass is 422 g/mol. The molecule has 32 heavy (non-hydrogen) atoms. The van der Waals surface area contributed by atoms with Crippen molar-refractivity contribution in [1.82, 2.24) is 9.97 Å². The van der Waals surface area contributed by atoms with E-state index in [1.807, 2.05) is 30.3 Å². The molecule has 0 spiro atoms. The Bertz CT molecular complexity index is 1360. The number of methoxy groups -OCH3 is 2. The zero-order valence-corrected chi connectivity index (χ0v) is 17.2. The smallest absolute Gasteiger partial charge is 0.270 e. The van der Waals surface area contributed by atoms with Crippen LogP contribution in [0.5, 0.6) is 46.0 Å². The Labute approximate surface area is 183 Å². The number of nitrogens with zero attached hydrogens (tertiary/aromatic N) is 2. The molecule has 8 heteroatoms. The van der Waals surface area contributed by atoms with Crippen molar-refractivity contribution >= 4 is 23.1 Å². The zero-order chi connectivity index (χ0) is 21.4. The van der Waals surface area contributed by atoms with Gasteiger partial charge in [-0.25, -0.2) is 0 Å². The lowest BCUT2D eigenvalue weighted by Crippen LogP contribution is -2.59. The van der Waals surface area contributed by atoms with Crippen molar-refractivity contribution in [2.75, 3.05) is 14.2 Å². The van der Waals surface area contributed by atoms with Gasteiger partial charge in [-0.1, -0.05) is 0 Å². The van der Waals surface area contributed by atoms with Gasteiger partial charge in [0.05, 0.1) is 39.0 Å². The number of pyridine rings is 2. The van der Waals surface area contributed by atoms with Gasteiger partial charge in [-0.05, 0) is 35.4 Å². The van der Waals surface area contributed by atoms with Gasteiger partial charge in [-0.15, -0.1) is 0 Å². The molecule has 0 N–H and O–H groups in total. The van der Waals surface area contributed by atoms with Crippen LogP contribution < -0.4 is 40.1 Å². The van der Waals surface area contributed by atoms with E-state index in [-0.39, 0.29) is 6.71 Å². The normalized spacial score (nSPS) is 13.4. The van der Waals surface area contributed by atoms with Gasteiger partial charge in [0.2, 0.25) is 0 Å². The van der Waals surface area contributed by atoms with E-state index in [1.54, 1.807) is 39.0 Å². The van der Waals surface area contributed by atoms with Crippen LogP contribution in [0.15, 0.2) is 55.1 Å². The summed E-state index contributed by atoms with van der Waals surface area (Å²) < 4.78 is 29.6. The molecule has 3 aliphatic heterocycles. The van der Waals surface area contributed by atoms with E-state index in [0.29, 0.717) is 34.5 Å². The minimum Gasteiger partial charge on any atom is -0.497 e. The molecule has 0 aliphatic carbocycles. The first kappa shape index (κ1) is 17.5. The van der Waals surface area contributed by atoms with Crippen LogP contribution in [0.1, 0.15) is 0 Å². The highest BCUT2D eigenvalue weighted by atomic mass is 16.5. The molecule has 154 valence electrons. The first-order valence-electron chi connectivity index (χ1n) is 10.1. The maximum absolute atomic E-state index is 6.32. The van der Waals surface area contributed by atoms with E-state index in [9.17, 15) is 0 Å². The van der Waals surface area contributed by atoms with Crippen LogP contribution in [-0.2, 0) is 0 Å². The highest BCUT2D eigenvalue weighted by molar-refractivity contribution is 6.99. The van der Waals surface area contributed by atoms with Crippen LogP contribution >= 0.6 is 0 Å². The molecule has 0 saturated heterocycles. The van der Waals surface area contributed by atoms with Gasteiger partial charge in [0.25, 0.3) is 6.71 Å². The molecule has 2 aromatic heterocycles. The minimum atomic E-state index is -0.0638. The van der Waals surface area contributed by atoms with Crippen LogP contribution in [0.3, 0.4) is 0 Å². The van der Waals surface area contributed by atoms with Gasteiger partial charge in [0.15, 0.2) is 0 Å². The Hall–Kier alpha value is -4.20. The summed E-state index contributed by atoms with van der Waals surface area (Å²) in [6.45, 7) is -0.0638. The third kappa shape index (κ3) is 2.26. The van der Waals surface area contributed by atoms with Crippen molar-refractivity contribution in [2.24, 2.45) is 0 Å². The van der Waals surface area contributed by atoms with Crippen LogP contribution in [0.25, 0.3) is 11.1 Å². The third-order valence-electron chi connectivity index (χ3n) is 6.14. The number of aromatic nitrogens is 2. The number of hydrogen-bond acceptors (Lipinski definition) is 7. The maximum atomic E-state index is 6.32.